The lowest BCUT2D eigenvalue weighted by molar-refractivity contribution is 0.414. The van der Waals surface area contributed by atoms with Crippen molar-refractivity contribution in [2.24, 2.45) is 10.1 Å². The van der Waals surface area contributed by atoms with E-state index in [0.29, 0.717) is 24.1 Å². The Hall–Kier alpha value is -1.56. The number of nitrogens with two attached hydrogens (primary N) is 1. The van der Waals surface area contributed by atoms with Crippen LogP contribution in [-0.4, -0.2) is 41.6 Å². The zero-order chi connectivity index (χ0) is 20.6. The number of halogens is 2. The van der Waals surface area contributed by atoms with Crippen molar-refractivity contribution in [1.82, 2.24) is 10.6 Å². The number of guanidine groups is 1. The van der Waals surface area contributed by atoms with Gasteiger partial charge in [0.1, 0.15) is 5.75 Å². The molecule has 0 spiro atoms. The second kappa shape index (κ2) is 12.2. The highest BCUT2D eigenvalue weighted by molar-refractivity contribution is 14.0. The predicted molar refractivity (Wildman–Crippen MR) is 128 cm³/mol. The summed E-state index contributed by atoms with van der Waals surface area (Å²) in [5.74, 6) is 1.42. The number of sulfonamides is 1. The molecule has 7 nitrogen and oxygen atoms in total. The van der Waals surface area contributed by atoms with Gasteiger partial charge in [-0.3, -0.25) is 4.99 Å². The zero-order valence-electron chi connectivity index (χ0n) is 16.3. The van der Waals surface area contributed by atoms with Crippen molar-refractivity contribution in [1.29, 1.82) is 0 Å². The van der Waals surface area contributed by atoms with Gasteiger partial charge in [-0.25, -0.2) is 13.6 Å². The highest BCUT2D eigenvalue weighted by Crippen LogP contribution is 2.22. The molecule has 0 saturated carbocycles. The molecule has 0 bridgehead atoms. The van der Waals surface area contributed by atoms with Crippen LogP contribution in [0, 0.1) is 0 Å². The topological polar surface area (TPSA) is 106 Å². The molecule has 4 N–H and O–H groups in total. The van der Waals surface area contributed by atoms with Crippen molar-refractivity contribution in [2.45, 2.75) is 17.7 Å². The maximum Gasteiger partial charge on any atom is 0.238 e. The second-order valence-electron chi connectivity index (χ2n) is 6.07. The first kappa shape index (κ1) is 25.5. The molecule has 2 rings (SSSR count). The molecule has 2 aromatic rings. The van der Waals surface area contributed by atoms with Crippen molar-refractivity contribution in [3.8, 4) is 5.75 Å². The van der Waals surface area contributed by atoms with E-state index in [9.17, 15) is 8.42 Å². The van der Waals surface area contributed by atoms with Crippen LogP contribution in [0.2, 0.25) is 5.02 Å². The molecule has 0 heterocycles. The molecule has 0 aliphatic rings. The molecular weight excluding hydrogens is 527 g/mol. The standard InChI is InChI=1S/C19H25ClN4O3S.HI/c1-22-19(24-12-10-15-5-6-16(27-2)13-18(15)20)23-11-9-14-3-7-17(8-4-14)28(21,25)26;/h3-8,13H,9-12H2,1-2H3,(H2,21,25,26)(H2,22,23,24);1H. The number of benzene rings is 2. The first-order valence-corrected chi connectivity index (χ1v) is 10.6. The van der Waals surface area contributed by atoms with Gasteiger partial charge < -0.3 is 15.4 Å². The fraction of sp³-hybridized carbons (Fsp3) is 0.316. The summed E-state index contributed by atoms with van der Waals surface area (Å²) in [6.45, 7) is 1.33. The molecule has 160 valence electrons. The van der Waals surface area contributed by atoms with Crippen molar-refractivity contribution in [2.75, 3.05) is 27.2 Å². The van der Waals surface area contributed by atoms with Crippen LogP contribution in [0.25, 0.3) is 0 Å². The minimum Gasteiger partial charge on any atom is -0.497 e. The fourth-order valence-electron chi connectivity index (χ4n) is 2.56. The number of hydrogen-bond donors (Lipinski definition) is 3. The SMILES string of the molecule is CN=C(NCCc1ccc(S(N)(=O)=O)cc1)NCCc1ccc(OC)cc1Cl.I. The molecule has 0 fully saturated rings. The molecule has 2 aromatic carbocycles. The Balaban J connectivity index is 0.00000420. The Labute approximate surface area is 194 Å². The van der Waals surface area contributed by atoms with Crippen LogP contribution < -0.4 is 20.5 Å². The van der Waals surface area contributed by atoms with E-state index in [-0.39, 0.29) is 28.9 Å². The van der Waals surface area contributed by atoms with Gasteiger partial charge in [-0.2, -0.15) is 0 Å². The van der Waals surface area contributed by atoms with E-state index in [1.165, 1.54) is 12.1 Å². The molecule has 29 heavy (non-hydrogen) atoms. The third-order valence-corrected chi connectivity index (χ3v) is 5.41. The van der Waals surface area contributed by atoms with Crippen molar-refractivity contribution < 1.29 is 13.2 Å². The lowest BCUT2D eigenvalue weighted by Gasteiger charge is -2.13. The summed E-state index contributed by atoms with van der Waals surface area (Å²) in [5.41, 5.74) is 2.03. The van der Waals surface area contributed by atoms with Gasteiger partial charge in [0.15, 0.2) is 5.96 Å². The summed E-state index contributed by atoms with van der Waals surface area (Å²) in [5, 5.41) is 12.2. The lowest BCUT2D eigenvalue weighted by Crippen LogP contribution is -2.39. The van der Waals surface area contributed by atoms with Crippen LogP contribution in [0.1, 0.15) is 11.1 Å². The first-order valence-electron chi connectivity index (χ1n) is 8.72. The largest absolute Gasteiger partial charge is 0.497 e. The summed E-state index contributed by atoms with van der Waals surface area (Å²) in [4.78, 5) is 4.30. The van der Waals surface area contributed by atoms with Gasteiger partial charge in [-0.15, -0.1) is 24.0 Å². The minimum absolute atomic E-state index is 0. The third kappa shape index (κ3) is 8.37. The van der Waals surface area contributed by atoms with Gasteiger partial charge in [0.25, 0.3) is 0 Å². The summed E-state index contributed by atoms with van der Waals surface area (Å²) in [7, 11) is -0.346. The van der Waals surface area contributed by atoms with Crippen LogP contribution in [0.3, 0.4) is 0 Å². The van der Waals surface area contributed by atoms with E-state index in [4.69, 9.17) is 21.5 Å². The van der Waals surface area contributed by atoms with Crippen molar-refractivity contribution >= 4 is 51.6 Å². The summed E-state index contributed by atoms with van der Waals surface area (Å²) in [6, 6.07) is 12.2. The number of ether oxygens (including phenoxy) is 1. The molecule has 0 unspecified atom stereocenters. The van der Waals surface area contributed by atoms with Gasteiger partial charge in [0.2, 0.25) is 10.0 Å². The summed E-state index contributed by atoms with van der Waals surface area (Å²) < 4.78 is 27.7. The molecule has 0 aromatic heterocycles. The first-order chi connectivity index (χ1) is 13.3. The Kier molecular flexibility index (Phi) is 10.7. The molecule has 0 amide bonds. The maximum absolute atomic E-state index is 11.3. The summed E-state index contributed by atoms with van der Waals surface area (Å²) in [6.07, 6.45) is 1.47. The zero-order valence-corrected chi connectivity index (χ0v) is 20.2. The number of hydrogen-bond acceptors (Lipinski definition) is 4. The quantitative estimate of drug-likeness (QED) is 0.265. The average molecular weight is 553 g/mol. The van der Waals surface area contributed by atoms with Gasteiger partial charge >= 0.3 is 0 Å². The van der Waals surface area contributed by atoms with Gasteiger partial charge in [-0.05, 0) is 48.2 Å². The number of methoxy groups -OCH3 is 1. The van der Waals surface area contributed by atoms with Gasteiger partial charge in [-0.1, -0.05) is 29.8 Å². The number of aliphatic imine (C=N–C) groups is 1. The Bertz CT molecular complexity index is 922. The van der Waals surface area contributed by atoms with Gasteiger partial charge in [0, 0.05) is 25.2 Å². The minimum atomic E-state index is -3.66. The number of nitrogens with one attached hydrogen (secondary N) is 2. The third-order valence-electron chi connectivity index (χ3n) is 4.13. The molecule has 0 aliphatic heterocycles. The lowest BCUT2D eigenvalue weighted by atomic mass is 10.1. The number of rotatable bonds is 8. The van der Waals surface area contributed by atoms with E-state index in [1.807, 2.05) is 12.1 Å². The molecule has 0 atom stereocenters. The summed E-state index contributed by atoms with van der Waals surface area (Å²) >= 11 is 6.25. The Morgan fingerprint density at radius 1 is 1.10 bits per heavy atom. The van der Waals surface area contributed by atoms with Crippen LogP contribution >= 0.6 is 35.6 Å². The van der Waals surface area contributed by atoms with E-state index >= 15 is 0 Å². The van der Waals surface area contributed by atoms with E-state index in [1.54, 1.807) is 32.4 Å². The van der Waals surface area contributed by atoms with Gasteiger partial charge in [0.05, 0.1) is 12.0 Å². The van der Waals surface area contributed by atoms with Crippen LogP contribution in [0.15, 0.2) is 52.4 Å². The molecule has 10 heteroatoms. The predicted octanol–water partition coefficient (Wildman–Crippen LogP) is 2.56. The molecule has 0 saturated heterocycles. The smallest absolute Gasteiger partial charge is 0.238 e. The number of primary sulfonamides is 1. The van der Waals surface area contributed by atoms with Crippen LogP contribution in [0.5, 0.6) is 5.75 Å². The molecule has 0 aliphatic carbocycles. The van der Waals surface area contributed by atoms with E-state index in [0.717, 1.165) is 29.7 Å². The maximum atomic E-state index is 11.3. The second-order valence-corrected chi connectivity index (χ2v) is 8.04. The van der Waals surface area contributed by atoms with Crippen molar-refractivity contribution in [3.63, 3.8) is 0 Å². The normalized spacial score (nSPS) is 11.5. The molecular formula is C19H26ClIN4O3S. The van der Waals surface area contributed by atoms with E-state index < -0.39 is 10.0 Å². The highest BCUT2D eigenvalue weighted by Gasteiger charge is 2.07. The Morgan fingerprint density at radius 2 is 1.72 bits per heavy atom. The molecule has 0 radical (unpaired) electrons. The highest BCUT2D eigenvalue weighted by atomic mass is 127. The fourth-order valence-corrected chi connectivity index (χ4v) is 3.35. The Morgan fingerprint density at radius 3 is 2.24 bits per heavy atom. The number of nitrogens with zero attached hydrogens (tertiary/aromatic N) is 1. The monoisotopic (exact) mass is 552 g/mol. The van der Waals surface area contributed by atoms with Crippen LogP contribution in [-0.2, 0) is 22.9 Å². The van der Waals surface area contributed by atoms with E-state index in [2.05, 4.69) is 15.6 Å². The van der Waals surface area contributed by atoms with Crippen molar-refractivity contribution in [3.05, 3.63) is 58.6 Å². The van der Waals surface area contributed by atoms with Crippen LogP contribution in [0.4, 0.5) is 0 Å². The average Bonchev–Trinajstić information content (AvgIpc) is 2.67.